The molecule has 0 aliphatic heterocycles. The Morgan fingerprint density at radius 3 is 2.76 bits per heavy atom. The van der Waals surface area contributed by atoms with Gasteiger partial charge in [0.15, 0.2) is 5.78 Å². The van der Waals surface area contributed by atoms with E-state index in [0.29, 0.717) is 0 Å². The summed E-state index contributed by atoms with van der Waals surface area (Å²) in [6, 6.07) is 1.87. The van der Waals surface area contributed by atoms with E-state index in [2.05, 4.69) is 5.10 Å². The molecular formula is C13H17N3O. The highest BCUT2D eigenvalue weighted by Gasteiger charge is 2.11. The molecule has 17 heavy (non-hydrogen) atoms. The zero-order valence-electron chi connectivity index (χ0n) is 10.4. The van der Waals surface area contributed by atoms with Gasteiger partial charge in [0.1, 0.15) is 0 Å². The van der Waals surface area contributed by atoms with E-state index in [1.54, 1.807) is 4.68 Å². The van der Waals surface area contributed by atoms with Gasteiger partial charge >= 0.3 is 0 Å². The minimum atomic E-state index is 0.0456. The van der Waals surface area contributed by atoms with Crippen molar-refractivity contribution in [2.45, 2.75) is 20.4 Å². The molecule has 2 heterocycles. The maximum Gasteiger partial charge on any atom is 0.166 e. The number of carbonyl (C=O) groups is 1. The van der Waals surface area contributed by atoms with Gasteiger partial charge in [-0.3, -0.25) is 9.48 Å². The fraction of sp³-hybridized carbons (Fsp3) is 0.385. The summed E-state index contributed by atoms with van der Waals surface area (Å²) in [6.45, 7) is 4.58. The molecule has 2 aromatic rings. The Morgan fingerprint density at radius 2 is 2.18 bits per heavy atom. The Kier molecular flexibility index (Phi) is 3.13. The van der Waals surface area contributed by atoms with Crippen molar-refractivity contribution in [2.75, 3.05) is 0 Å². The SMILES string of the molecule is CC(C)C(=O)c1ccn(Cc2cnn(C)c2)c1. The van der Waals surface area contributed by atoms with E-state index >= 15 is 0 Å². The smallest absolute Gasteiger partial charge is 0.166 e. The van der Waals surface area contributed by atoms with Crippen molar-refractivity contribution in [3.05, 3.63) is 42.0 Å². The van der Waals surface area contributed by atoms with E-state index in [4.69, 9.17) is 0 Å². The number of Topliss-reactive ketones (excluding diaryl/α,β-unsaturated/α-hetero) is 1. The first-order valence-corrected chi connectivity index (χ1v) is 5.74. The van der Waals surface area contributed by atoms with Crippen LogP contribution >= 0.6 is 0 Å². The van der Waals surface area contributed by atoms with Crippen LogP contribution in [-0.2, 0) is 13.6 Å². The number of rotatable bonds is 4. The molecule has 0 aliphatic carbocycles. The Labute approximate surface area is 101 Å². The van der Waals surface area contributed by atoms with Gasteiger partial charge in [-0.15, -0.1) is 0 Å². The van der Waals surface area contributed by atoms with Gasteiger partial charge in [-0.1, -0.05) is 13.8 Å². The van der Waals surface area contributed by atoms with E-state index in [1.165, 1.54) is 0 Å². The molecule has 0 saturated heterocycles. The first-order chi connectivity index (χ1) is 8.06. The second kappa shape index (κ2) is 4.57. The second-order valence-corrected chi connectivity index (χ2v) is 4.61. The molecule has 0 aliphatic rings. The number of hydrogen-bond acceptors (Lipinski definition) is 2. The lowest BCUT2D eigenvalue weighted by Crippen LogP contribution is -2.06. The highest BCUT2D eigenvalue weighted by molar-refractivity contribution is 5.97. The third-order valence-electron chi connectivity index (χ3n) is 2.68. The monoisotopic (exact) mass is 231 g/mol. The van der Waals surface area contributed by atoms with Crippen LogP contribution in [0, 0.1) is 5.92 Å². The Morgan fingerprint density at radius 1 is 1.41 bits per heavy atom. The fourth-order valence-corrected chi connectivity index (χ4v) is 1.78. The van der Waals surface area contributed by atoms with Crippen LogP contribution in [0.25, 0.3) is 0 Å². The molecule has 2 rings (SSSR count). The van der Waals surface area contributed by atoms with Crippen LogP contribution < -0.4 is 0 Å². The summed E-state index contributed by atoms with van der Waals surface area (Å²) in [5.74, 6) is 0.235. The summed E-state index contributed by atoms with van der Waals surface area (Å²) in [7, 11) is 1.90. The van der Waals surface area contributed by atoms with Crippen LogP contribution in [0.4, 0.5) is 0 Å². The van der Waals surface area contributed by atoms with Crippen molar-refractivity contribution in [3.63, 3.8) is 0 Å². The van der Waals surface area contributed by atoms with E-state index in [1.807, 2.05) is 56.3 Å². The van der Waals surface area contributed by atoms with Gasteiger partial charge < -0.3 is 4.57 Å². The van der Waals surface area contributed by atoms with Gasteiger partial charge in [-0.2, -0.15) is 5.10 Å². The molecule has 0 N–H and O–H groups in total. The summed E-state index contributed by atoms with van der Waals surface area (Å²) in [6.07, 6.45) is 7.64. The van der Waals surface area contributed by atoms with Gasteiger partial charge in [-0.05, 0) is 6.07 Å². The van der Waals surface area contributed by atoms with E-state index in [0.717, 1.165) is 17.7 Å². The van der Waals surface area contributed by atoms with E-state index in [-0.39, 0.29) is 11.7 Å². The molecule has 0 amide bonds. The molecule has 4 nitrogen and oxygen atoms in total. The van der Waals surface area contributed by atoms with Crippen molar-refractivity contribution in [1.29, 1.82) is 0 Å². The molecule has 4 heteroatoms. The number of carbonyl (C=O) groups excluding carboxylic acids is 1. The van der Waals surface area contributed by atoms with Gasteiger partial charge in [0, 0.05) is 42.7 Å². The molecule has 0 unspecified atom stereocenters. The molecule has 0 fully saturated rings. The van der Waals surface area contributed by atoms with Crippen molar-refractivity contribution in [2.24, 2.45) is 13.0 Å². The molecule has 0 saturated carbocycles. The van der Waals surface area contributed by atoms with Crippen LogP contribution in [0.3, 0.4) is 0 Å². The molecule has 0 spiro atoms. The number of ketones is 1. The molecule has 90 valence electrons. The van der Waals surface area contributed by atoms with Crippen molar-refractivity contribution >= 4 is 5.78 Å². The minimum absolute atomic E-state index is 0.0456. The van der Waals surface area contributed by atoms with Gasteiger partial charge in [0.05, 0.1) is 12.7 Å². The second-order valence-electron chi connectivity index (χ2n) is 4.61. The predicted molar refractivity (Wildman–Crippen MR) is 65.9 cm³/mol. The molecule has 0 aromatic carbocycles. The Bertz CT molecular complexity index is 522. The van der Waals surface area contributed by atoms with E-state index in [9.17, 15) is 4.79 Å². The molecule has 0 atom stereocenters. The number of nitrogens with zero attached hydrogens (tertiary/aromatic N) is 3. The third-order valence-corrected chi connectivity index (χ3v) is 2.68. The number of aryl methyl sites for hydroxylation is 1. The summed E-state index contributed by atoms with van der Waals surface area (Å²) >= 11 is 0. The van der Waals surface area contributed by atoms with Crippen LogP contribution in [-0.4, -0.2) is 20.1 Å². The van der Waals surface area contributed by atoms with Crippen LogP contribution in [0.2, 0.25) is 0 Å². The molecular weight excluding hydrogens is 214 g/mol. The zero-order chi connectivity index (χ0) is 12.4. The standard InChI is InChI=1S/C13H17N3O/c1-10(2)13(17)12-4-5-16(9-12)8-11-6-14-15(3)7-11/h4-7,9-10H,8H2,1-3H3. The lowest BCUT2D eigenvalue weighted by atomic mass is 10.0. The van der Waals surface area contributed by atoms with Crippen LogP contribution in [0.5, 0.6) is 0 Å². The maximum atomic E-state index is 11.8. The average Bonchev–Trinajstić information content (AvgIpc) is 2.87. The Balaban J connectivity index is 2.11. The first kappa shape index (κ1) is 11.6. The lowest BCUT2D eigenvalue weighted by molar-refractivity contribution is 0.0939. The quantitative estimate of drug-likeness (QED) is 0.756. The largest absolute Gasteiger partial charge is 0.349 e. The van der Waals surface area contributed by atoms with Crippen LogP contribution in [0.15, 0.2) is 30.9 Å². The van der Waals surface area contributed by atoms with Crippen molar-refractivity contribution in [1.82, 2.24) is 14.3 Å². The van der Waals surface area contributed by atoms with Crippen LogP contribution in [0.1, 0.15) is 29.8 Å². The molecule has 2 aromatic heterocycles. The summed E-state index contributed by atoms with van der Waals surface area (Å²) in [4.78, 5) is 11.8. The summed E-state index contributed by atoms with van der Waals surface area (Å²) in [5.41, 5.74) is 1.91. The van der Waals surface area contributed by atoms with Crippen molar-refractivity contribution in [3.8, 4) is 0 Å². The lowest BCUT2D eigenvalue weighted by Gasteiger charge is -2.01. The topological polar surface area (TPSA) is 39.8 Å². The third kappa shape index (κ3) is 2.64. The van der Waals surface area contributed by atoms with Crippen molar-refractivity contribution < 1.29 is 4.79 Å². The molecule has 0 radical (unpaired) electrons. The maximum absolute atomic E-state index is 11.8. The number of hydrogen-bond donors (Lipinski definition) is 0. The number of aromatic nitrogens is 3. The highest BCUT2D eigenvalue weighted by Crippen LogP contribution is 2.10. The Hall–Kier alpha value is -1.84. The first-order valence-electron chi connectivity index (χ1n) is 5.74. The average molecular weight is 231 g/mol. The minimum Gasteiger partial charge on any atom is -0.349 e. The zero-order valence-corrected chi connectivity index (χ0v) is 10.4. The predicted octanol–water partition coefficient (Wildman–Crippen LogP) is 2.11. The fourth-order valence-electron chi connectivity index (χ4n) is 1.78. The highest BCUT2D eigenvalue weighted by atomic mass is 16.1. The van der Waals surface area contributed by atoms with Gasteiger partial charge in [0.2, 0.25) is 0 Å². The summed E-state index contributed by atoms with van der Waals surface area (Å²) < 4.78 is 3.78. The molecule has 0 bridgehead atoms. The van der Waals surface area contributed by atoms with Gasteiger partial charge in [0.25, 0.3) is 0 Å². The normalized spacial score (nSPS) is 11.1. The summed E-state index contributed by atoms with van der Waals surface area (Å²) in [5, 5.41) is 4.12. The van der Waals surface area contributed by atoms with E-state index < -0.39 is 0 Å². The van der Waals surface area contributed by atoms with Gasteiger partial charge in [-0.25, -0.2) is 0 Å².